The quantitative estimate of drug-likeness (QED) is 0.326. The summed E-state index contributed by atoms with van der Waals surface area (Å²) in [6.07, 6.45) is 10.8. The Morgan fingerprint density at radius 2 is 1.69 bits per heavy atom. The molecule has 1 nitrogen and oxygen atoms in total. The molecule has 0 bridgehead atoms. The molecule has 0 aliphatic heterocycles. The van der Waals surface area contributed by atoms with Crippen molar-refractivity contribution >= 4 is 0 Å². The smallest absolute Gasteiger partial charge is 0.144 e. The maximum Gasteiger partial charge on any atom is 0.144 e. The SMILES string of the molecule is CCCCCCC1CCC2c3cc(F)c(-c4cc(F)c(C#N)c(F)c4)c(F)c3CCC2C1. The van der Waals surface area contributed by atoms with E-state index in [9.17, 15) is 8.78 Å². The molecule has 0 aromatic heterocycles. The maximum atomic E-state index is 15.5. The number of nitrogens with zero attached hydrogens (tertiary/aromatic N) is 1. The molecule has 2 aliphatic carbocycles. The monoisotopic (exact) mass is 443 g/mol. The molecule has 1 saturated carbocycles. The second-order valence-corrected chi connectivity index (χ2v) is 9.48. The van der Waals surface area contributed by atoms with Crippen LogP contribution in [0.3, 0.4) is 0 Å². The van der Waals surface area contributed by atoms with Crippen molar-refractivity contribution in [3.63, 3.8) is 0 Å². The molecule has 0 saturated heterocycles. The van der Waals surface area contributed by atoms with Crippen LogP contribution < -0.4 is 0 Å². The number of benzene rings is 2. The van der Waals surface area contributed by atoms with Crippen LogP contribution in [0.4, 0.5) is 17.6 Å². The predicted molar refractivity (Wildman–Crippen MR) is 117 cm³/mol. The van der Waals surface area contributed by atoms with Crippen molar-refractivity contribution in [2.75, 3.05) is 0 Å². The summed E-state index contributed by atoms with van der Waals surface area (Å²) in [5.41, 5.74) is -0.154. The molecule has 0 amide bonds. The molecule has 4 rings (SSSR count). The molecule has 3 atom stereocenters. The molecule has 2 aromatic rings. The topological polar surface area (TPSA) is 23.8 Å². The molecule has 0 radical (unpaired) electrons. The van der Waals surface area contributed by atoms with Crippen molar-refractivity contribution < 1.29 is 17.6 Å². The number of halogens is 4. The predicted octanol–water partition coefficient (Wildman–Crippen LogP) is 8.20. The van der Waals surface area contributed by atoms with E-state index in [1.54, 1.807) is 0 Å². The number of nitriles is 1. The highest BCUT2D eigenvalue weighted by atomic mass is 19.1. The summed E-state index contributed by atoms with van der Waals surface area (Å²) < 4.78 is 58.7. The van der Waals surface area contributed by atoms with Crippen molar-refractivity contribution in [3.05, 3.63) is 58.2 Å². The highest BCUT2D eigenvalue weighted by Gasteiger charge is 2.37. The Morgan fingerprint density at radius 3 is 2.38 bits per heavy atom. The molecular weight excluding hydrogens is 414 g/mol. The zero-order chi connectivity index (χ0) is 22.8. The van der Waals surface area contributed by atoms with Gasteiger partial charge in [0.2, 0.25) is 0 Å². The van der Waals surface area contributed by atoms with Crippen LogP contribution in [0.2, 0.25) is 0 Å². The number of unbranched alkanes of at least 4 members (excludes halogenated alkanes) is 3. The first kappa shape index (κ1) is 22.8. The molecule has 170 valence electrons. The van der Waals surface area contributed by atoms with Crippen LogP contribution in [0, 0.1) is 46.4 Å². The zero-order valence-corrected chi connectivity index (χ0v) is 18.5. The second kappa shape index (κ2) is 9.65. The van der Waals surface area contributed by atoms with Gasteiger partial charge >= 0.3 is 0 Å². The van der Waals surface area contributed by atoms with Gasteiger partial charge < -0.3 is 0 Å². The van der Waals surface area contributed by atoms with Crippen molar-refractivity contribution in [2.45, 2.75) is 77.0 Å². The Balaban J connectivity index is 1.59. The Hall–Kier alpha value is -2.35. The van der Waals surface area contributed by atoms with Gasteiger partial charge in [0.25, 0.3) is 0 Å². The lowest BCUT2D eigenvalue weighted by Crippen LogP contribution is -2.29. The molecule has 0 spiro atoms. The first-order chi connectivity index (χ1) is 15.4. The Bertz CT molecular complexity index is 1020. The van der Waals surface area contributed by atoms with Gasteiger partial charge in [-0.3, -0.25) is 0 Å². The van der Waals surface area contributed by atoms with Crippen LogP contribution in [0.25, 0.3) is 11.1 Å². The minimum absolute atomic E-state index is 0.151. The van der Waals surface area contributed by atoms with Crippen LogP contribution in [0.5, 0.6) is 0 Å². The van der Waals surface area contributed by atoms with Gasteiger partial charge in [-0.2, -0.15) is 5.26 Å². The van der Waals surface area contributed by atoms with Crippen LogP contribution in [0.15, 0.2) is 18.2 Å². The highest BCUT2D eigenvalue weighted by Crippen LogP contribution is 2.49. The maximum absolute atomic E-state index is 15.5. The Kier molecular flexibility index (Phi) is 6.88. The van der Waals surface area contributed by atoms with E-state index in [1.165, 1.54) is 44.2 Å². The molecule has 32 heavy (non-hydrogen) atoms. The lowest BCUT2D eigenvalue weighted by Gasteiger charge is -2.41. The molecule has 1 fully saturated rings. The van der Waals surface area contributed by atoms with Crippen LogP contribution >= 0.6 is 0 Å². The van der Waals surface area contributed by atoms with Crippen molar-refractivity contribution in [1.82, 2.24) is 0 Å². The lowest BCUT2D eigenvalue weighted by molar-refractivity contribution is 0.197. The van der Waals surface area contributed by atoms with E-state index in [2.05, 4.69) is 6.92 Å². The van der Waals surface area contributed by atoms with Gasteiger partial charge in [0.05, 0.1) is 5.56 Å². The first-order valence-corrected chi connectivity index (χ1v) is 11.8. The Morgan fingerprint density at radius 1 is 0.938 bits per heavy atom. The van der Waals surface area contributed by atoms with Gasteiger partial charge in [-0.25, -0.2) is 17.6 Å². The van der Waals surface area contributed by atoms with E-state index < -0.39 is 34.4 Å². The van der Waals surface area contributed by atoms with Gasteiger partial charge in [0.15, 0.2) is 0 Å². The standard InChI is InChI=1S/C27H29F4N/c1-2-3-4-5-6-16-7-9-19-17(11-16)8-10-20-21(19)14-25(30)26(27(20)31)18-12-23(28)22(15-32)24(29)13-18/h12-14,16-17,19H,2-11H2,1H3. The van der Waals surface area contributed by atoms with Gasteiger partial charge in [-0.15, -0.1) is 0 Å². The number of fused-ring (bicyclic) bond motifs is 3. The third-order valence-corrected chi connectivity index (χ3v) is 7.52. The largest absolute Gasteiger partial charge is 0.206 e. The summed E-state index contributed by atoms with van der Waals surface area (Å²) >= 11 is 0. The minimum Gasteiger partial charge on any atom is -0.206 e. The Labute approximate surface area is 187 Å². The molecule has 5 heteroatoms. The van der Waals surface area contributed by atoms with E-state index in [4.69, 9.17) is 5.26 Å². The fourth-order valence-electron chi connectivity index (χ4n) is 5.89. The van der Waals surface area contributed by atoms with E-state index >= 15 is 8.78 Å². The number of hydrogen-bond acceptors (Lipinski definition) is 1. The summed E-state index contributed by atoms with van der Waals surface area (Å²) in [7, 11) is 0. The average Bonchev–Trinajstić information content (AvgIpc) is 2.76. The minimum atomic E-state index is -1.11. The summed E-state index contributed by atoms with van der Waals surface area (Å²) in [5, 5.41) is 8.85. The molecule has 2 aromatic carbocycles. The van der Waals surface area contributed by atoms with E-state index in [0.717, 1.165) is 43.4 Å². The molecule has 3 unspecified atom stereocenters. The van der Waals surface area contributed by atoms with E-state index in [-0.39, 0.29) is 11.5 Å². The van der Waals surface area contributed by atoms with Gasteiger partial charge in [-0.05, 0) is 84.7 Å². The normalized spacial score (nSPS) is 22.2. The lowest BCUT2D eigenvalue weighted by atomic mass is 9.64. The summed E-state index contributed by atoms with van der Waals surface area (Å²) in [6, 6.07) is 4.50. The second-order valence-electron chi connectivity index (χ2n) is 9.48. The number of rotatable bonds is 6. The van der Waals surface area contributed by atoms with Gasteiger partial charge in [0.1, 0.15) is 34.9 Å². The van der Waals surface area contributed by atoms with E-state index in [0.29, 0.717) is 23.8 Å². The van der Waals surface area contributed by atoms with E-state index in [1.807, 2.05) is 0 Å². The molecule has 0 N–H and O–H groups in total. The van der Waals surface area contributed by atoms with Crippen molar-refractivity contribution in [2.24, 2.45) is 11.8 Å². The summed E-state index contributed by atoms with van der Waals surface area (Å²) in [5.74, 6) is -2.45. The van der Waals surface area contributed by atoms with Crippen molar-refractivity contribution in [1.29, 1.82) is 5.26 Å². The molecule has 2 aliphatic rings. The fourth-order valence-corrected chi connectivity index (χ4v) is 5.89. The molecule has 0 heterocycles. The zero-order valence-electron chi connectivity index (χ0n) is 18.5. The first-order valence-electron chi connectivity index (χ1n) is 11.8. The van der Waals surface area contributed by atoms with Crippen LogP contribution in [0.1, 0.15) is 87.3 Å². The van der Waals surface area contributed by atoms with Crippen LogP contribution in [-0.4, -0.2) is 0 Å². The van der Waals surface area contributed by atoms with Crippen LogP contribution in [-0.2, 0) is 6.42 Å². The van der Waals surface area contributed by atoms with Gasteiger partial charge in [0, 0.05) is 0 Å². The summed E-state index contributed by atoms with van der Waals surface area (Å²) in [6.45, 7) is 2.21. The van der Waals surface area contributed by atoms with Gasteiger partial charge in [-0.1, -0.05) is 39.0 Å². The fraction of sp³-hybridized carbons (Fsp3) is 0.519. The third-order valence-electron chi connectivity index (χ3n) is 7.52. The van der Waals surface area contributed by atoms with Crippen molar-refractivity contribution in [3.8, 4) is 17.2 Å². The third kappa shape index (κ3) is 4.29. The highest BCUT2D eigenvalue weighted by molar-refractivity contribution is 5.68. The molecular formula is C27H29F4N. The summed E-state index contributed by atoms with van der Waals surface area (Å²) in [4.78, 5) is 0. The average molecular weight is 444 g/mol. The number of hydrogen-bond donors (Lipinski definition) is 0.